The zero-order chi connectivity index (χ0) is 7.49. The van der Waals surface area contributed by atoms with Gasteiger partial charge in [0.1, 0.15) is 0 Å². The van der Waals surface area contributed by atoms with E-state index < -0.39 is 24.9 Å². The lowest BCUT2D eigenvalue weighted by molar-refractivity contribution is -0.132. The fraction of sp³-hybridized carbons (Fsp3) is 0.750. The first-order valence-corrected chi connectivity index (χ1v) is 2.31. The molecule has 0 aromatic rings. The number of nitrogens with one attached hydrogen (secondary N) is 1. The van der Waals surface area contributed by atoms with E-state index in [4.69, 9.17) is 5.41 Å². The molecule has 0 saturated heterocycles. The van der Waals surface area contributed by atoms with Gasteiger partial charge >= 0.3 is 6.18 Å². The highest BCUT2D eigenvalue weighted by atomic mass is 19.4. The predicted octanol–water partition coefficient (Wildman–Crippen LogP) is 1.26. The van der Waals surface area contributed by atoms with Crippen molar-refractivity contribution in [3.05, 3.63) is 0 Å². The molecule has 0 rings (SSSR count). The van der Waals surface area contributed by atoms with Gasteiger partial charge in [0, 0.05) is 6.42 Å². The molecule has 2 nitrogen and oxygen atoms in total. The Morgan fingerprint density at radius 3 is 2.00 bits per heavy atom. The van der Waals surface area contributed by atoms with Crippen molar-refractivity contribution in [2.24, 2.45) is 5.73 Å². The minimum absolute atomic E-state index is 0.399. The van der Waals surface area contributed by atoms with Crippen LogP contribution in [0.3, 0.4) is 0 Å². The first-order valence-electron chi connectivity index (χ1n) is 2.31. The standard InChI is InChI=1S/C4H7F3N2/c5-4(6,7)2-1-3(8)9/h1-2H2,(H3,8,9). The Hall–Kier alpha value is -0.740. The SMILES string of the molecule is N=C(N)CCC(F)(F)F. The van der Waals surface area contributed by atoms with E-state index in [0.29, 0.717) is 0 Å². The van der Waals surface area contributed by atoms with Crippen LogP contribution in [0, 0.1) is 5.41 Å². The first kappa shape index (κ1) is 8.26. The molecular formula is C4H7F3N2. The lowest BCUT2D eigenvalue weighted by Gasteiger charge is -2.02. The van der Waals surface area contributed by atoms with Crippen LogP contribution in [0.5, 0.6) is 0 Å². The lowest BCUT2D eigenvalue weighted by Crippen LogP contribution is -2.15. The average Bonchev–Trinajstić information content (AvgIpc) is 1.59. The second-order valence-corrected chi connectivity index (χ2v) is 1.64. The summed E-state index contributed by atoms with van der Waals surface area (Å²) in [6.07, 6.45) is -5.59. The molecule has 0 aliphatic heterocycles. The van der Waals surface area contributed by atoms with Crippen molar-refractivity contribution in [2.75, 3.05) is 0 Å². The van der Waals surface area contributed by atoms with Crippen molar-refractivity contribution in [3.8, 4) is 0 Å². The van der Waals surface area contributed by atoms with E-state index in [2.05, 4.69) is 5.73 Å². The van der Waals surface area contributed by atoms with Crippen molar-refractivity contribution in [3.63, 3.8) is 0 Å². The number of nitrogens with two attached hydrogens (primary N) is 1. The van der Waals surface area contributed by atoms with Gasteiger partial charge in [0.25, 0.3) is 0 Å². The van der Waals surface area contributed by atoms with E-state index in [0.717, 1.165) is 0 Å². The van der Waals surface area contributed by atoms with Crippen molar-refractivity contribution in [2.45, 2.75) is 19.0 Å². The predicted molar refractivity (Wildman–Crippen MR) is 27.2 cm³/mol. The molecule has 0 amide bonds. The van der Waals surface area contributed by atoms with Crippen LogP contribution in [-0.4, -0.2) is 12.0 Å². The normalized spacial score (nSPS) is 11.4. The van der Waals surface area contributed by atoms with Crippen LogP contribution in [0.25, 0.3) is 0 Å². The fourth-order valence-electron chi connectivity index (χ4n) is 0.276. The van der Waals surface area contributed by atoms with Crippen molar-refractivity contribution in [1.29, 1.82) is 5.41 Å². The highest BCUT2D eigenvalue weighted by molar-refractivity contribution is 5.76. The maximum atomic E-state index is 11.3. The van der Waals surface area contributed by atoms with E-state index in [9.17, 15) is 13.2 Å². The number of amidine groups is 1. The molecule has 0 aliphatic carbocycles. The molecule has 5 heteroatoms. The molecule has 0 bridgehead atoms. The van der Waals surface area contributed by atoms with E-state index in [1.807, 2.05) is 0 Å². The summed E-state index contributed by atoms with van der Waals surface area (Å²) in [5.41, 5.74) is 4.68. The van der Waals surface area contributed by atoms with Gasteiger partial charge < -0.3 is 5.73 Å². The average molecular weight is 140 g/mol. The zero-order valence-electron chi connectivity index (χ0n) is 4.63. The zero-order valence-corrected chi connectivity index (χ0v) is 4.63. The molecule has 0 heterocycles. The smallest absolute Gasteiger partial charge is 0.388 e. The molecule has 0 aromatic carbocycles. The van der Waals surface area contributed by atoms with Crippen molar-refractivity contribution in [1.82, 2.24) is 0 Å². The molecule has 0 aliphatic rings. The summed E-state index contributed by atoms with van der Waals surface area (Å²) in [4.78, 5) is 0. The molecule has 0 radical (unpaired) electrons. The van der Waals surface area contributed by atoms with Crippen LogP contribution in [0.2, 0.25) is 0 Å². The van der Waals surface area contributed by atoms with E-state index in [1.165, 1.54) is 0 Å². The van der Waals surface area contributed by atoms with Crippen LogP contribution >= 0.6 is 0 Å². The van der Waals surface area contributed by atoms with Crippen LogP contribution < -0.4 is 5.73 Å². The molecule has 0 unspecified atom stereocenters. The Morgan fingerprint density at radius 2 is 1.89 bits per heavy atom. The number of hydrogen-bond acceptors (Lipinski definition) is 1. The van der Waals surface area contributed by atoms with Gasteiger partial charge in [-0.15, -0.1) is 0 Å². The highest BCUT2D eigenvalue weighted by Crippen LogP contribution is 2.20. The summed E-state index contributed by atoms with van der Waals surface area (Å²) in [7, 11) is 0. The van der Waals surface area contributed by atoms with Crippen LogP contribution in [0.1, 0.15) is 12.8 Å². The second kappa shape index (κ2) is 2.70. The Balaban J connectivity index is 3.39. The van der Waals surface area contributed by atoms with Gasteiger partial charge in [-0.3, -0.25) is 5.41 Å². The Bertz CT molecular complexity index is 107. The molecule has 0 saturated carbocycles. The first-order chi connectivity index (χ1) is 3.92. The minimum Gasteiger partial charge on any atom is -0.388 e. The van der Waals surface area contributed by atoms with E-state index in [-0.39, 0.29) is 0 Å². The quantitative estimate of drug-likeness (QED) is 0.440. The topological polar surface area (TPSA) is 49.9 Å². The minimum atomic E-state index is -4.19. The van der Waals surface area contributed by atoms with E-state index in [1.54, 1.807) is 0 Å². The molecule has 0 atom stereocenters. The van der Waals surface area contributed by atoms with Gasteiger partial charge in [-0.25, -0.2) is 0 Å². The molecule has 54 valence electrons. The monoisotopic (exact) mass is 140 g/mol. The molecule has 9 heavy (non-hydrogen) atoms. The van der Waals surface area contributed by atoms with Gasteiger partial charge in [-0.2, -0.15) is 13.2 Å². The molecule has 3 N–H and O–H groups in total. The van der Waals surface area contributed by atoms with Crippen LogP contribution in [0.4, 0.5) is 13.2 Å². The molecule has 0 spiro atoms. The summed E-state index contributed by atoms with van der Waals surface area (Å²) >= 11 is 0. The lowest BCUT2D eigenvalue weighted by atomic mass is 10.3. The number of hydrogen-bond donors (Lipinski definition) is 2. The van der Waals surface area contributed by atoms with Crippen LogP contribution in [-0.2, 0) is 0 Å². The number of halogens is 3. The summed E-state index contributed by atoms with van der Waals surface area (Å²) < 4.78 is 33.8. The van der Waals surface area contributed by atoms with Gasteiger partial charge in [0.2, 0.25) is 0 Å². The third kappa shape index (κ3) is 7.26. The second-order valence-electron chi connectivity index (χ2n) is 1.64. The van der Waals surface area contributed by atoms with Crippen molar-refractivity contribution >= 4 is 5.84 Å². The third-order valence-electron chi connectivity index (χ3n) is 0.678. The Kier molecular flexibility index (Phi) is 2.48. The fourth-order valence-corrected chi connectivity index (χ4v) is 0.276. The van der Waals surface area contributed by atoms with Gasteiger partial charge in [0.15, 0.2) is 0 Å². The third-order valence-corrected chi connectivity index (χ3v) is 0.678. The maximum Gasteiger partial charge on any atom is 0.389 e. The molecular weight excluding hydrogens is 133 g/mol. The Labute approximate surface area is 50.4 Å². The van der Waals surface area contributed by atoms with E-state index >= 15 is 0 Å². The summed E-state index contributed by atoms with van der Waals surface area (Å²) in [5.74, 6) is -0.424. The van der Waals surface area contributed by atoms with Gasteiger partial charge in [-0.05, 0) is 0 Å². The van der Waals surface area contributed by atoms with Gasteiger partial charge in [-0.1, -0.05) is 0 Å². The maximum absolute atomic E-state index is 11.3. The summed E-state index contributed by atoms with van der Waals surface area (Å²) in [6, 6.07) is 0. The van der Waals surface area contributed by atoms with Gasteiger partial charge in [0.05, 0.1) is 12.3 Å². The highest BCUT2D eigenvalue weighted by Gasteiger charge is 2.26. The largest absolute Gasteiger partial charge is 0.389 e. The molecule has 0 aromatic heterocycles. The summed E-state index contributed by atoms with van der Waals surface area (Å²) in [6.45, 7) is 0. The van der Waals surface area contributed by atoms with Crippen LogP contribution in [0.15, 0.2) is 0 Å². The summed E-state index contributed by atoms with van der Waals surface area (Å²) in [5, 5.41) is 6.45. The Morgan fingerprint density at radius 1 is 1.44 bits per heavy atom. The number of alkyl halides is 3. The van der Waals surface area contributed by atoms with Crippen molar-refractivity contribution < 1.29 is 13.2 Å². The molecule has 0 fully saturated rings. The number of rotatable bonds is 2.